The van der Waals surface area contributed by atoms with Gasteiger partial charge in [-0.1, -0.05) is 0 Å². The minimum Gasteiger partial charge on any atom is -0.335 e. The number of fused-ring (bicyclic) bond motifs is 1. The summed E-state index contributed by atoms with van der Waals surface area (Å²) in [6, 6.07) is 6.39. The lowest BCUT2D eigenvalue weighted by atomic mass is 10.0. The van der Waals surface area contributed by atoms with E-state index in [2.05, 4.69) is 22.4 Å². The quantitative estimate of drug-likeness (QED) is 0.855. The molecule has 4 nitrogen and oxygen atoms in total. The van der Waals surface area contributed by atoms with Gasteiger partial charge in [-0.15, -0.1) is 22.7 Å². The van der Waals surface area contributed by atoms with Crippen LogP contribution in [0, 0.1) is 11.3 Å². The van der Waals surface area contributed by atoms with Gasteiger partial charge in [-0.3, -0.25) is 9.69 Å². The number of carbonyl (C=O) groups is 1. The Bertz CT molecular complexity index is 673. The Kier molecular flexibility index (Phi) is 3.74. The third kappa shape index (κ3) is 2.69. The summed E-state index contributed by atoms with van der Waals surface area (Å²) >= 11 is 3.24. The molecule has 0 aliphatic carbocycles. The molecule has 2 aromatic heterocycles. The molecule has 1 fully saturated rings. The Balaban J connectivity index is 1.68. The van der Waals surface area contributed by atoms with Gasteiger partial charge < -0.3 is 4.90 Å². The molecule has 0 N–H and O–H groups in total. The van der Waals surface area contributed by atoms with E-state index in [0.717, 1.165) is 18.0 Å². The van der Waals surface area contributed by atoms with Gasteiger partial charge >= 0.3 is 0 Å². The van der Waals surface area contributed by atoms with Crippen molar-refractivity contribution in [2.75, 3.05) is 26.2 Å². The molecule has 3 heterocycles. The zero-order chi connectivity index (χ0) is 15.0. The van der Waals surface area contributed by atoms with Gasteiger partial charge in [0.25, 0.3) is 5.91 Å². The largest absolute Gasteiger partial charge is 0.335 e. The maximum absolute atomic E-state index is 12.6. The summed E-state index contributed by atoms with van der Waals surface area (Å²) in [4.78, 5) is 17.4. The molecule has 1 saturated heterocycles. The summed E-state index contributed by atoms with van der Waals surface area (Å²) in [6.45, 7) is 6.75. The van der Waals surface area contributed by atoms with Gasteiger partial charge in [0.1, 0.15) is 5.54 Å². The predicted octanol–water partition coefficient (Wildman–Crippen LogP) is 3.02. The molecule has 2 aromatic rings. The number of amides is 1. The number of rotatable bonds is 2. The smallest absolute Gasteiger partial charge is 0.264 e. The highest BCUT2D eigenvalue weighted by Crippen LogP contribution is 2.31. The molecule has 3 rings (SSSR count). The maximum atomic E-state index is 12.6. The Morgan fingerprint density at radius 3 is 2.62 bits per heavy atom. The van der Waals surface area contributed by atoms with E-state index in [4.69, 9.17) is 0 Å². The lowest BCUT2D eigenvalue weighted by molar-refractivity contribution is 0.0525. The van der Waals surface area contributed by atoms with Crippen LogP contribution in [0.1, 0.15) is 23.5 Å². The molecule has 6 heteroatoms. The van der Waals surface area contributed by atoms with Gasteiger partial charge in [-0.2, -0.15) is 5.26 Å². The fraction of sp³-hybridized carbons (Fsp3) is 0.467. The molecular formula is C15H17N3OS2. The zero-order valence-corrected chi connectivity index (χ0v) is 13.8. The van der Waals surface area contributed by atoms with Crippen LogP contribution < -0.4 is 0 Å². The molecule has 0 saturated carbocycles. The number of piperazine rings is 1. The van der Waals surface area contributed by atoms with Gasteiger partial charge in [0, 0.05) is 35.6 Å². The van der Waals surface area contributed by atoms with Crippen molar-refractivity contribution in [2.24, 2.45) is 0 Å². The summed E-state index contributed by atoms with van der Waals surface area (Å²) in [5.41, 5.74) is -0.458. The van der Waals surface area contributed by atoms with Gasteiger partial charge in [0.05, 0.1) is 10.9 Å². The molecular weight excluding hydrogens is 302 g/mol. The zero-order valence-electron chi connectivity index (χ0n) is 12.1. The van der Waals surface area contributed by atoms with E-state index in [1.165, 1.54) is 9.40 Å². The Morgan fingerprint density at radius 2 is 2.00 bits per heavy atom. The molecule has 1 aliphatic heterocycles. The van der Waals surface area contributed by atoms with E-state index >= 15 is 0 Å². The van der Waals surface area contributed by atoms with E-state index in [1.54, 1.807) is 22.7 Å². The Labute approximate surface area is 132 Å². The van der Waals surface area contributed by atoms with E-state index in [-0.39, 0.29) is 5.91 Å². The van der Waals surface area contributed by atoms with Crippen LogP contribution in [-0.4, -0.2) is 47.4 Å². The summed E-state index contributed by atoms with van der Waals surface area (Å²) in [6.07, 6.45) is 0. The highest BCUT2D eigenvalue weighted by molar-refractivity contribution is 7.27. The second-order valence-electron chi connectivity index (χ2n) is 5.71. The highest BCUT2D eigenvalue weighted by Gasteiger charge is 2.31. The molecule has 1 amide bonds. The Morgan fingerprint density at radius 1 is 1.29 bits per heavy atom. The molecule has 0 spiro atoms. The first-order valence-electron chi connectivity index (χ1n) is 6.94. The number of thiophene rings is 2. The summed E-state index contributed by atoms with van der Waals surface area (Å²) in [5.74, 6) is 0.123. The summed E-state index contributed by atoms with van der Waals surface area (Å²) in [7, 11) is 0. The predicted molar refractivity (Wildman–Crippen MR) is 86.9 cm³/mol. The molecule has 0 unspecified atom stereocenters. The van der Waals surface area contributed by atoms with Crippen LogP contribution >= 0.6 is 22.7 Å². The van der Waals surface area contributed by atoms with Crippen LogP contribution in [0.5, 0.6) is 0 Å². The normalized spacial score (nSPS) is 17.1. The average Bonchev–Trinajstić information content (AvgIpc) is 3.08. The third-order valence-electron chi connectivity index (χ3n) is 3.98. The first kappa shape index (κ1) is 14.5. The van der Waals surface area contributed by atoms with E-state index in [9.17, 15) is 10.1 Å². The standard InChI is InChI=1S/C15H17N3OS2/c1-15(2,10-16)18-6-4-17(5-7-18)14(19)13-9-12-11(21-13)3-8-20-12/h3,8-9H,4-7H2,1-2H3. The topological polar surface area (TPSA) is 47.3 Å². The summed E-state index contributed by atoms with van der Waals surface area (Å²) in [5, 5.41) is 11.2. The number of carbonyl (C=O) groups excluding carboxylic acids is 1. The lowest BCUT2D eigenvalue weighted by Crippen LogP contribution is -2.55. The van der Waals surface area contributed by atoms with Crippen molar-refractivity contribution < 1.29 is 4.79 Å². The second kappa shape index (κ2) is 5.41. The molecule has 0 aromatic carbocycles. The summed E-state index contributed by atoms with van der Waals surface area (Å²) < 4.78 is 2.38. The number of nitriles is 1. The van der Waals surface area contributed by atoms with Crippen molar-refractivity contribution in [3.63, 3.8) is 0 Å². The maximum Gasteiger partial charge on any atom is 0.264 e. The fourth-order valence-corrected chi connectivity index (χ4v) is 4.64. The van der Waals surface area contributed by atoms with Crippen molar-refractivity contribution in [2.45, 2.75) is 19.4 Å². The van der Waals surface area contributed by atoms with Crippen LogP contribution in [-0.2, 0) is 0 Å². The molecule has 0 atom stereocenters. The third-order valence-corrected chi connectivity index (χ3v) is 6.06. The highest BCUT2D eigenvalue weighted by atomic mass is 32.1. The number of hydrogen-bond acceptors (Lipinski definition) is 5. The molecule has 1 aliphatic rings. The fourth-order valence-electron chi connectivity index (χ4n) is 2.57. The minimum absolute atomic E-state index is 0.123. The molecule has 0 radical (unpaired) electrons. The first-order chi connectivity index (χ1) is 10.0. The second-order valence-corrected chi connectivity index (χ2v) is 7.74. The van der Waals surface area contributed by atoms with Gasteiger partial charge in [0.15, 0.2) is 0 Å². The van der Waals surface area contributed by atoms with E-state index < -0.39 is 5.54 Å². The van der Waals surface area contributed by atoms with E-state index in [0.29, 0.717) is 13.1 Å². The van der Waals surface area contributed by atoms with Crippen molar-refractivity contribution in [3.05, 3.63) is 22.4 Å². The molecule has 0 bridgehead atoms. The van der Waals surface area contributed by atoms with Gasteiger partial charge in [-0.05, 0) is 31.4 Å². The van der Waals surface area contributed by atoms with Crippen molar-refractivity contribution >= 4 is 38.0 Å². The van der Waals surface area contributed by atoms with Crippen LogP contribution in [0.25, 0.3) is 9.40 Å². The van der Waals surface area contributed by atoms with Crippen molar-refractivity contribution in [3.8, 4) is 6.07 Å². The van der Waals surface area contributed by atoms with Crippen LogP contribution in [0.2, 0.25) is 0 Å². The van der Waals surface area contributed by atoms with Gasteiger partial charge in [-0.25, -0.2) is 0 Å². The molecule has 21 heavy (non-hydrogen) atoms. The van der Waals surface area contributed by atoms with Crippen LogP contribution in [0.3, 0.4) is 0 Å². The number of hydrogen-bond donors (Lipinski definition) is 0. The molecule has 110 valence electrons. The average molecular weight is 319 g/mol. The van der Waals surface area contributed by atoms with E-state index in [1.807, 2.05) is 24.8 Å². The van der Waals surface area contributed by atoms with Gasteiger partial charge in [0.2, 0.25) is 0 Å². The lowest BCUT2D eigenvalue weighted by Gasteiger charge is -2.40. The number of nitrogens with zero attached hydrogens (tertiary/aromatic N) is 3. The Hall–Kier alpha value is -1.42. The van der Waals surface area contributed by atoms with Crippen molar-refractivity contribution in [1.29, 1.82) is 5.26 Å². The van der Waals surface area contributed by atoms with Crippen LogP contribution in [0.15, 0.2) is 17.5 Å². The first-order valence-corrected chi connectivity index (χ1v) is 8.63. The SMILES string of the molecule is CC(C)(C#N)N1CCN(C(=O)c2cc3sccc3s2)CC1. The minimum atomic E-state index is -0.458. The van der Waals surface area contributed by atoms with Crippen molar-refractivity contribution in [1.82, 2.24) is 9.80 Å². The van der Waals surface area contributed by atoms with Crippen LogP contribution in [0.4, 0.5) is 0 Å². The monoisotopic (exact) mass is 319 g/mol.